The molecule has 0 radical (unpaired) electrons. The number of rotatable bonds is 1. The van der Waals surface area contributed by atoms with Gasteiger partial charge in [-0.3, -0.25) is 4.68 Å². The first-order valence-electron chi connectivity index (χ1n) is 3.68. The molecule has 0 aromatic carbocycles. The van der Waals surface area contributed by atoms with Crippen LogP contribution in [0.15, 0.2) is 4.47 Å². The Hall–Kier alpha value is -0.350. The molecule has 0 saturated carbocycles. The maximum Gasteiger partial charge on any atom is 0.102 e. The lowest BCUT2D eigenvalue weighted by molar-refractivity contribution is 0.274. The summed E-state index contributed by atoms with van der Waals surface area (Å²) in [6.45, 7) is 1.02. The lowest BCUT2D eigenvalue weighted by Gasteiger charge is -1.89. The fourth-order valence-corrected chi connectivity index (χ4v) is 2.06. The standard InChI is InChI=1S/C7H9BrN2O/c8-7-5(4-11)9-10-3-1-2-6(7)10/h11H,1-4H2. The number of aromatic nitrogens is 2. The molecule has 0 unspecified atom stereocenters. The summed E-state index contributed by atoms with van der Waals surface area (Å²) in [6.07, 6.45) is 2.25. The van der Waals surface area contributed by atoms with Crippen molar-refractivity contribution in [2.75, 3.05) is 0 Å². The number of aliphatic hydroxyl groups is 1. The third-order valence-corrected chi connectivity index (χ3v) is 2.91. The lowest BCUT2D eigenvalue weighted by atomic mass is 10.3. The minimum Gasteiger partial charge on any atom is -0.390 e. The van der Waals surface area contributed by atoms with Gasteiger partial charge in [-0.1, -0.05) is 0 Å². The Kier molecular flexibility index (Phi) is 1.73. The van der Waals surface area contributed by atoms with Crippen molar-refractivity contribution in [1.82, 2.24) is 9.78 Å². The van der Waals surface area contributed by atoms with Crippen LogP contribution in [-0.2, 0) is 19.6 Å². The summed E-state index contributed by atoms with van der Waals surface area (Å²) in [5.41, 5.74) is 1.99. The zero-order chi connectivity index (χ0) is 7.84. The van der Waals surface area contributed by atoms with Crippen molar-refractivity contribution in [3.05, 3.63) is 15.9 Å². The van der Waals surface area contributed by atoms with Crippen molar-refractivity contribution in [2.24, 2.45) is 0 Å². The summed E-state index contributed by atoms with van der Waals surface area (Å²) >= 11 is 3.42. The molecular formula is C7H9BrN2O. The number of hydrogen-bond donors (Lipinski definition) is 1. The van der Waals surface area contributed by atoms with E-state index in [-0.39, 0.29) is 6.61 Å². The highest BCUT2D eigenvalue weighted by Crippen LogP contribution is 2.26. The van der Waals surface area contributed by atoms with E-state index in [1.165, 1.54) is 12.1 Å². The molecule has 2 heterocycles. The molecule has 0 aliphatic carbocycles. The number of fused-ring (bicyclic) bond motifs is 1. The van der Waals surface area contributed by atoms with Gasteiger partial charge in [-0.05, 0) is 28.8 Å². The highest BCUT2D eigenvalue weighted by atomic mass is 79.9. The van der Waals surface area contributed by atoms with E-state index in [1.54, 1.807) is 0 Å². The molecule has 1 aromatic rings. The second-order valence-electron chi connectivity index (χ2n) is 2.69. The van der Waals surface area contributed by atoms with Crippen molar-refractivity contribution in [1.29, 1.82) is 0 Å². The smallest absolute Gasteiger partial charge is 0.102 e. The minimum absolute atomic E-state index is 0.0284. The van der Waals surface area contributed by atoms with Crippen LogP contribution < -0.4 is 0 Å². The summed E-state index contributed by atoms with van der Waals surface area (Å²) in [4.78, 5) is 0. The van der Waals surface area contributed by atoms with Crippen LogP contribution in [0.4, 0.5) is 0 Å². The van der Waals surface area contributed by atoms with Gasteiger partial charge in [0.2, 0.25) is 0 Å². The fraction of sp³-hybridized carbons (Fsp3) is 0.571. The van der Waals surface area contributed by atoms with Gasteiger partial charge in [-0.15, -0.1) is 0 Å². The largest absolute Gasteiger partial charge is 0.390 e. The number of halogens is 1. The summed E-state index contributed by atoms with van der Waals surface area (Å²) in [7, 11) is 0. The molecule has 11 heavy (non-hydrogen) atoms. The maximum absolute atomic E-state index is 8.87. The highest BCUT2D eigenvalue weighted by molar-refractivity contribution is 9.10. The van der Waals surface area contributed by atoms with Crippen LogP contribution in [0, 0.1) is 0 Å². The second-order valence-corrected chi connectivity index (χ2v) is 3.49. The van der Waals surface area contributed by atoms with Crippen LogP contribution >= 0.6 is 15.9 Å². The second kappa shape index (κ2) is 2.60. The van der Waals surface area contributed by atoms with Crippen LogP contribution in [0.25, 0.3) is 0 Å². The Morgan fingerprint density at radius 1 is 1.64 bits per heavy atom. The SMILES string of the molecule is OCc1nn2c(c1Br)CCC2. The van der Waals surface area contributed by atoms with Gasteiger partial charge < -0.3 is 5.11 Å². The molecule has 4 heteroatoms. The molecular weight excluding hydrogens is 208 g/mol. The van der Waals surface area contributed by atoms with Gasteiger partial charge in [0.1, 0.15) is 5.69 Å². The molecule has 1 aliphatic rings. The van der Waals surface area contributed by atoms with Gasteiger partial charge in [0.25, 0.3) is 0 Å². The van der Waals surface area contributed by atoms with Crippen molar-refractivity contribution in [3.63, 3.8) is 0 Å². The van der Waals surface area contributed by atoms with Crippen LogP contribution in [0.5, 0.6) is 0 Å². The average molecular weight is 217 g/mol. The Balaban J connectivity index is 2.49. The van der Waals surface area contributed by atoms with Crippen molar-refractivity contribution >= 4 is 15.9 Å². The topological polar surface area (TPSA) is 38.1 Å². The fourth-order valence-electron chi connectivity index (χ4n) is 1.45. The predicted octanol–water partition coefficient (Wildman–Crippen LogP) is 1.08. The number of nitrogens with zero attached hydrogens (tertiary/aromatic N) is 2. The van der Waals surface area contributed by atoms with E-state index in [4.69, 9.17) is 5.11 Å². The summed E-state index contributed by atoms with van der Waals surface area (Å²) in [5, 5.41) is 13.1. The molecule has 0 atom stereocenters. The molecule has 0 spiro atoms. The molecule has 2 rings (SSSR count). The summed E-state index contributed by atoms with van der Waals surface area (Å²) in [6, 6.07) is 0. The van der Waals surface area contributed by atoms with Crippen LogP contribution in [-0.4, -0.2) is 14.9 Å². The predicted molar refractivity (Wildman–Crippen MR) is 44.2 cm³/mol. The van der Waals surface area contributed by atoms with E-state index in [9.17, 15) is 0 Å². The lowest BCUT2D eigenvalue weighted by Crippen LogP contribution is -1.95. The molecule has 0 saturated heterocycles. The van der Waals surface area contributed by atoms with Crippen LogP contribution in [0.3, 0.4) is 0 Å². The normalized spacial score (nSPS) is 15.5. The van der Waals surface area contributed by atoms with Gasteiger partial charge in [0.05, 0.1) is 16.8 Å². The molecule has 0 amide bonds. The van der Waals surface area contributed by atoms with Crippen molar-refractivity contribution in [2.45, 2.75) is 26.0 Å². The Morgan fingerprint density at radius 3 is 3.09 bits per heavy atom. The minimum atomic E-state index is 0.0284. The zero-order valence-electron chi connectivity index (χ0n) is 6.05. The monoisotopic (exact) mass is 216 g/mol. The first-order chi connectivity index (χ1) is 5.33. The molecule has 1 aliphatic heterocycles. The summed E-state index contributed by atoms with van der Waals surface area (Å²) < 4.78 is 2.97. The first kappa shape index (κ1) is 7.31. The average Bonchev–Trinajstić information content (AvgIpc) is 2.53. The van der Waals surface area contributed by atoms with Gasteiger partial charge in [-0.2, -0.15) is 5.10 Å². The van der Waals surface area contributed by atoms with E-state index in [0.717, 1.165) is 23.1 Å². The molecule has 3 nitrogen and oxygen atoms in total. The van der Waals surface area contributed by atoms with E-state index in [2.05, 4.69) is 21.0 Å². The third kappa shape index (κ3) is 1.01. The zero-order valence-corrected chi connectivity index (χ0v) is 7.63. The maximum atomic E-state index is 8.87. The van der Waals surface area contributed by atoms with E-state index < -0.39 is 0 Å². The Bertz CT molecular complexity index is 281. The molecule has 60 valence electrons. The first-order valence-corrected chi connectivity index (χ1v) is 4.47. The number of aliphatic hydroxyl groups excluding tert-OH is 1. The van der Waals surface area contributed by atoms with Crippen LogP contribution in [0.1, 0.15) is 17.8 Å². The van der Waals surface area contributed by atoms with Crippen molar-refractivity contribution < 1.29 is 5.11 Å². The number of aryl methyl sites for hydroxylation is 1. The molecule has 0 fully saturated rings. The Morgan fingerprint density at radius 2 is 2.45 bits per heavy atom. The van der Waals surface area contributed by atoms with E-state index >= 15 is 0 Å². The quantitative estimate of drug-likeness (QED) is 0.764. The van der Waals surface area contributed by atoms with E-state index in [0.29, 0.717) is 0 Å². The van der Waals surface area contributed by atoms with Gasteiger partial charge in [0.15, 0.2) is 0 Å². The van der Waals surface area contributed by atoms with Gasteiger partial charge >= 0.3 is 0 Å². The summed E-state index contributed by atoms with van der Waals surface area (Å²) in [5.74, 6) is 0. The van der Waals surface area contributed by atoms with Crippen molar-refractivity contribution in [3.8, 4) is 0 Å². The van der Waals surface area contributed by atoms with E-state index in [1.807, 2.05) is 4.68 Å². The molecule has 1 aromatic heterocycles. The van der Waals surface area contributed by atoms with Gasteiger partial charge in [-0.25, -0.2) is 0 Å². The molecule has 0 bridgehead atoms. The third-order valence-electron chi connectivity index (χ3n) is 1.99. The van der Waals surface area contributed by atoms with Gasteiger partial charge in [0, 0.05) is 6.54 Å². The molecule has 1 N–H and O–H groups in total. The number of hydrogen-bond acceptors (Lipinski definition) is 2. The van der Waals surface area contributed by atoms with Crippen LogP contribution in [0.2, 0.25) is 0 Å². The highest BCUT2D eigenvalue weighted by Gasteiger charge is 2.18. The Labute approximate surface area is 73.2 Å².